The van der Waals surface area contributed by atoms with Crippen LogP contribution >= 0.6 is 0 Å². The molecule has 1 N–H and O–H groups in total. The maximum Gasteiger partial charge on any atom is 0.301 e. The van der Waals surface area contributed by atoms with Crippen molar-refractivity contribution < 1.29 is 23.8 Å². The molecule has 0 aliphatic carbocycles. The number of hydrogen-bond acceptors (Lipinski definition) is 4. The van der Waals surface area contributed by atoms with E-state index in [9.17, 15) is 19.1 Å². The first-order chi connectivity index (χ1) is 12.0. The van der Waals surface area contributed by atoms with E-state index in [2.05, 4.69) is 0 Å². The molecular formula is C19H16FNO4. The highest BCUT2D eigenvalue weighted by Gasteiger charge is 2.40. The Balaban J connectivity index is 1.94. The first kappa shape index (κ1) is 16.7. The number of aliphatic hydroxyl groups is 1. The van der Waals surface area contributed by atoms with E-state index in [4.69, 9.17) is 4.74 Å². The van der Waals surface area contributed by atoms with Crippen molar-refractivity contribution in [3.63, 3.8) is 0 Å². The lowest BCUT2D eigenvalue weighted by Gasteiger charge is -2.16. The number of anilines is 1. The monoisotopic (exact) mass is 341 g/mol. The molecule has 0 radical (unpaired) electrons. The van der Waals surface area contributed by atoms with Gasteiger partial charge in [0.15, 0.2) is 5.76 Å². The van der Waals surface area contributed by atoms with Crippen molar-refractivity contribution in [1.29, 1.82) is 0 Å². The minimum atomic E-state index is -0.822. The first-order valence-corrected chi connectivity index (χ1v) is 7.83. The fourth-order valence-corrected chi connectivity index (χ4v) is 2.56. The first-order valence-electron chi connectivity index (χ1n) is 7.83. The Morgan fingerprint density at radius 3 is 2.48 bits per heavy atom. The summed E-state index contributed by atoms with van der Waals surface area (Å²) in [5, 5.41) is 10.1. The standard InChI is InChI=1S/C19H16FNO4/c1-2-10-25-15-5-3-4-14(11-15)21-18(23)16(17(22)19(21)24)12-6-8-13(20)9-7-12/h3-9,11,22H,2,10H2,1H3. The summed E-state index contributed by atoms with van der Waals surface area (Å²) in [6.07, 6.45) is 0.822. The number of hydrogen-bond donors (Lipinski definition) is 1. The zero-order valence-corrected chi connectivity index (χ0v) is 13.5. The van der Waals surface area contributed by atoms with Crippen LogP contribution in [-0.4, -0.2) is 23.5 Å². The molecule has 0 spiro atoms. The number of nitrogens with zero attached hydrogens (tertiary/aromatic N) is 1. The highest BCUT2D eigenvalue weighted by atomic mass is 19.1. The van der Waals surface area contributed by atoms with E-state index in [0.717, 1.165) is 23.5 Å². The molecule has 1 aliphatic rings. The Morgan fingerprint density at radius 1 is 1.08 bits per heavy atom. The van der Waals surface area contributed by atoms with Gasteiger partial charge in [0, 0.05) is 6.07 Å². The second kappa shape index (κ2) is 6.76. The summed E-state index contributed by atoms with van der Waals surface area (Å²) in [5.74, 6) is -2.09. The summed E-state index contributed by atoms with van der Waals surface area (Å²) in [4.78, 5) is 25.9. The van der Waals surface area contributed by atoms with Crippen molar-refractivity contribution in [1.82, 2.24) is 0 Å². The van der Waals surface area contributed by atoms with Crippen LogP contribution in [-0.2, 0) is 9.59 Å². The second-order valence-corrected chi connectivity index (χ2v) is 5.52. The number of benzene rings is 2. The smallest absolute Gasteiger partial charge is 0.301 e. The average Bonchev–Trinajstić information content (AvgIpc) is 2.83. The molecule has 0 saturated carbocycles. The van der Waals surface area contributed by atoms with Crippen LogP contribution in [0.1, 0.15) is 18.9 Å². The number of halogens is 1. The quantitative estimate of drug-likeness (QED) is 0.846. The van der Waals surface area contributed by atoms with E-state index in [1.54, 1.807) is 24.3 Å². The molecule has 0 bridgehead atoms. The Bertz CT molecular complexity index is 858. The van der Waals surface area contributed by atoms with Crippen LogP contribution in [0.25, 0.3) is 5.57 Å². The van der Waals surface area contributed by atoms with Gasteiger partial charge in [-0.1, -0.05) is 25.1 Å². The van der Waals surface area contributed by atoms with Gasteiger partial charge in [-0.2, -0.15) is 0 Å². The van der Waals surface area contributed by atoms with Crippen LogP contribution in [0, 0.1) is 5.82 Å². The van der Waals surface area contributed by atoms with Gasteiger partial charge in [0.2, 0.25) is 0 Å². The van der Waals surface area contributed by atoms with Gasteiger partial charge >= 0.3 is 5.91 Å². The molecule has 0 atom stereocenters. The van der Waals surface area contributed by atoms with Crippen LogP contribution in [0.3, 0.4) is 0 Å². The van der Waals surface area contributed by atoms with E-state index in [1.807, 2.05) is 6.92 Å². The van der Waals surface area contributed by atoms with E-state index in [1.165, 1.54) is 12.1 Å². The Labute approximate surface area is 144 Å². The lowest BCUT2D eigenvalue weighted by molar-refractivity contribution is -0.121. The SMILES string of the molecule is CCCOc1cccc(N2C(=O)C(O)=C(c3ccc(F)cc3)C2=O)c1. The topological polar surface area (TPSA) is 66.8 Å². The maximum absolute atomic E-state index is 13.1. The summed E-state index contributed by atoms with van der Waals surface area (Å²) < 4.78 is 18.6. The predicted molar refractivity (Wildman–Crippen MR) is 90.7 cm³/mol. The van der Waals surface area contributed by atoms with Crippen LogP contribution in [0.5, 0.6) is 5.75 Å². The molecule has 6 heteroatoms. The van der Waals surface area contributed by atoms with E-state index < -0.39 is 23.4 Å². The number of imide groups is 1. The van der Waals surface area contributed by atoms with Gasteiger partial charge in [-0.25, -0.2) is 9.29 Å². The Kier molecular flexibility index (Phi) is 4.52. The molecule has 128 valence electrons. The van der Waals surface area contributed by atoms with Gasteiger partial charge in [0.1, 0.15) is 11.6 Å². The lowest BCUT2D eigenvalue weighted by Crippen LogP contribution is -2.31. The van der Waals surface area contributed by atoms with Gasteiger partial charge in [-0.05, 0) is 36.2 Å². The molecule has 0 saturated heterocycles. The molecule has 3 rings (SSSR count). The third kappa shape index (κ3) is 3.10. The molecule has 1 heterocycles. The maximum atomic E-state index is 13.1. The molecular weight excluding hydrogens is 325 g/mol. The minimum absolute atomic E-state index is 0.148. The summed E-state index contributed by atoms with van der Waals surface area (Å²) >= 11 is 0. The highest BCUT2D eigenvalue weighted by molar-refractivity contribution is 6.44. The number of amides is 2. The average molecular weight is 341 g/mol. The molecule has 5 nitrogen and oxygen atoms in total. The van der Waals surface area contributed by atoms with Crippen molar-refractivity contribution in [3.05, 3.63) is 65.7 Å². The fraction of sp³-hybridized carbons (Fsp3) is 0.158. The van der Waals surface area contributed by atoms with Crippen LogP contribution in [0.2, 0.25) is 0 Å². The zero-order valence-electron chi connectivity index (χ0n) is 13.5. The molecule has 0 aromatic heterocycles. The zero-order chi connectivity index (χ0) is 18.0. The van der Waals surface area contributed by atoms with E-state index >= 15 is 0 Å². The van der Waals surface area contributed by atoms with Gasteiger partial charge in [0.25, 0.3) is 5.91 Å². The van der Waals surface area contributed by atoms with Crippen molar-refractivity contribution in [3.8, 4) is 5.75 Å². The summed E-state index contributed by atoms with van der Waals surface area (Å²) in [6.45, 7) is 2.48. The van der Waals surface area contributed by atoms with Crippen LogP contribution in [0.15, 0.2) is 54.3 Å². The van der Waals surface area contributed by atoms with Gasteiger partial charge < -0.3 is 9.84 Å². The normalized spacial score (nSPS) is 14.4. The molecule has 0 unspecified atom stereocenters. The van der Waals surface area contributed by atoms with Gasteiger partial charge in [-0.3, -0.25) is 9.59 Å². The highest BCUT2D eigenvalue weighted by Crippen LogP contribution is 2.33. The minimum Gasteiger partial charge on any atom is -0.502 e. The third-order valence-electron chi connectivity index (χ3n) is 3.74. The van der Waals surface area contributed by atoms with Crippen molar-refractivity contribution >= 4 is 23.1 Å². The number of carbonyl (C=O) groups excluding carboxylic acids is 2. The van der Waals surface area contributed by atoms with Crippen molar-refractivity contribution in [2.45, 2.75) is 13.3 Å². The number of carbonyl (C=O) groups is 2. The molecule has 1 aliphatic heterocycles. The van der Waals surface area contributed by atoms with Crippen LogP contribution < -0.4 is 9.64 Å². The van der Waals surface area contributed by atoms with Gasteiger partial charge in [0.05, 0.1) is 17.9 Å². The Hall–Kier alpha value is -3.15. The lowest BCUT2D eigenvalue weighted by atomic mass is 10.1. The molecule has 2 amide bonds. The molecule has 2 aromatic carbocycles. The van der Waals surface area contributed by atoms with Gasteiger partial charge in [-0.15, -0.1) is 0 Å². The van der Waals surface area contributed by atoms with E-state index in [0.29, 0.717) is 18.0 Å². The van der Waals surface area contributed by atoms with Crippen LogP contribution in [0.4, 0.5) is 10.1 Å². The number of rotatable bonds is 5. The molecule has 25 heavy (non-hydrogen) atoms. The predicted octanol–water partition coefficient (Wildman–Crippen LogP) is 3.46. The third-order valence-corrected chi connectivity index (χ3v) is 3.74. The largest absolute Gasteiger partial charge is 0.502 e. The Morgan fingerprint density at radius 2 is 1.80 bits per heavy atom. The fourth-order valence-electron chi connectivity index (χ4n) is 2.56. The number of aliphatic hydroxyl groups excluding tert-OH is 1. The van der Waals surface area contributed by atoms with E-state index in [-0.39, 0.29) is 11.1 Å². The summed E-state index contributed by atoms with van der Waals surface area (Å²) in [6, 6.07) is 11.5. The second-order valence-electron chi connectivity index (χ2n) is 5.52. The molecule has 2 aromatic rings. The molecule has 0 fully saturated rings. The number of ether oxygens (including phenoxy) is 1. The summed E-state index contributed by atoms with van der Waals surface area (Å²) in [7, 11) is 0. The van der Waals surface area contributed by atoms with Crippen molar-refractivity contribution in [2.75, 3.05) is 11.5 Å². The summed E-state index contributed by atoms with van der Waals surface area (Å²) in [5.41, 5.74) is 0.426. The van der Waals surface area contributed by atoms with Crippen molar-refractivity contribution in [2.24, 2.45) is 0 Å².